The number of hydrogen-bond donors (Lipinski definition) is 2. The van der Waals surface area contributed by atoms with Crippen LogP contribution in [0.5, 0.6) is 0 Å². The zero-order valence-corrected chi connectivity index (χ0v) is 16.9. The van der Waals surface area contributed by atoms with Crippen LogP contribution in [0.3, 0.4) is 0 Å². The third-order valence-electron chi connectivity index (χ3n) is 4.38. The minimum absolute atomic E-state index is 0.122. The number of aryl methyl sites for hydroxylation is 1. The lowest BCUT2D eigenvalue weighted by Crippen LogP contribution is -2.40. The molecule has 1 atom stereocenters. The Labute approximate surface area is 158 Å². The summed E-state index contributed by atoms with van der Waals surface area (Å²) in [7, 11) is 0. The molecule has 2 amide bonds. The van der Waals surface area contributed by atoms with Crippen molar-refractivity contribution in [1.29, 1.82) is 0 Å². The summed E-state index contributed by atoms with van der Waals surface area (Å²) in [5.41, 5.74) is 0.193. The molecule has 0 spiro atoms. The molecule has 0 aliphatic heterocycles. The van der Waals surface area contributed by atoms with E-state index in [0.717, 1.165) is 37.0 Å². The number of thiophene rings is 1. The van der Waals surface area contributed by atoms with E-state index in [2.05, 4.69) is 10.6 Å². The van der Waals surface area contributed by atoms with Crippen molar-refractivity contribution in [3.05, 3.63) is 16.5 Å². The molecule has 1 aliphatic carbocycles. The Morgan fingerprint density at radius 3 is 2.42 bits per heavy atom. The molecule has 0 bridgehead atoms. The second kappa shape index (κ2) is 8.20. The first-order chi connectivity index (χ1) is 12.1. The first-order valence-corrected chi connectivity index (χ1v) is 9.83. The van der Waals surface area contributed by atoms with Gasteiger partial charge in [0.05, 0.1) is 5.00 Å². The van der Waals surface area contributed by atoms with Gasteiger partial charge < -0.3 is 15.4 Å². The van der Waals surface area contributed by atoms with Crippen molar-refractivity contribution >= 4 is 34.1 Å². The third-order valence-corrected chi connectivity index (χ3v) is 5.51. The van der Waals surface area contributed by atoms with Crippen LogP contribution in [-0.4, -0.2) is 29.9 Å². The maximum Gasteiger partial charge on any atom is 0.349 e. The van der Waals surface area contributed by atoms with Gasteiger partial charge in [-0.2, -0.15) is 0 Å². The van der Waals surface area contributed by atoms with Gasteiger partial charge in [0, 0.05) is 11.5 Å². The lowest BCUT2D eigenvalue weighted by molar-refractivity contribution is -0.129. The molecule has 6 nitrogen and oxygen atoms in total. The van der Waals surface area contributed by atoms with E-state index in [0.29, 0.717) is 15.4 Å². The van der Waals surface area contributed by atoms with Gasteiger partial charge >= 0.3 is 5.97 Å². The quantitative estimate of drug-likeness (QED) is 0.764. The molecular weight excluding hydrogens is 352 g/mol. The largest absolute Gasteiger partial charge is 0.448 e. The van der Waals surface area contributed by atoms with Crippen molar-refractivity contribution < 1.29 is 19.1 Å². The molecule has 26 heavy (non-hydrogen) atoms. The number of nitrogens with one attached hydrogen (secondary N) is 2. The van der Waals surface area contributed by atoms with Crippen LogP contribution in [0, 0.1) is 12.3 Å². The van der Waals surface area contributed by atoms with Crippen LogP contribution in [-0.2, 0) is 14.3 Å². The Bertz CT molecular complexity index is 684. The monoisotopic (exact) mass is 380 g/mol. The number of anilines is 1. The molecule has 1 aromatic rings. The minimum Gasteiger partial charge on any atom is -0.448 e. The van der Waals surface area contributed by atoms with Gasteiger partial charge in [-0.3, -0.25) is 9.59 Å². The van der Waals surface area contributed by atoms with Crippen LogP contribution >= 0.6 is 11.3 Å². The summed E-state index contributed by atoms with van der Waals surface area (Å²) >= 11 is 1.16. The highest BCUT2D eigenvalue weighted by molar-refractivity contribution is 7.18. The van der Waals surface area contributed by atoms with Crippen LogP contribution in [0.2, 0.25) is 0 Å². The lowest BCUT2D eigenvalue weighted by atomic mass is 9.96. The average molecular weight is 381 g/mol. The summed E-state index contributed by atoms with van der Waals surface area (Å²) in [6.07, 6.45) is 3.35. The van der Waals surface area contributed by atoms with E-state index in [1.165, 1.54) is 0 Å². The van der Waals surface area contributed by atoms with Gasteiger partial charge in [0.1, 0.15) is 4.88 Å². The van der Waals surface area contributed by atoms with E-state index in [1.54, 1.807) is 19.9 Å². The second-order valence-electron chi connectivity index (χ2n) is 7.86. The maximum atomic E-state index is 12.4. The number of esters is 1. The van der Waals surface area contributed by atoms with Crippen molar-refractivity contribution in [2.24, 2.45) is 5.41 Å². The summed E-state index contributed by atoms with van der Waals surface area (Å²) in [5, 5.41) is 6.34. The maximum absolute atomic E-state index is 12.4. The van der Waals surface area contributed by atoms with E-state index in [-0.39, 0.29) is 17.9 Å². The molecule has 1 fully saturated rings. The van der Waals surface area contributed by atoms with Gasteiger partial charge in [0.15, 0.2) is 6.10 Å². The molecule has 144 valence electrons. The number of rotatable bonds is 5. The van der Waals surface area contributed by atoms with Gasteiger partial charge in [0.2, 0.25) is 5.91 Å². The average Bonchev–Trinajstić information content (AvgIpc) is 3.15. The van der Waals surface area contributed by atoms with E-state index >= 15 is 0 Å². The Kier molecular flexibility index (Phi) is 6.44. The fourth-order valence-corrected chi connectivity index (χ4v) is 3.65. The number of hydrogen-bond acceptors (Lipinski definition) is 5. The molecule has 2 N–H and O–H groups in total. The van der Waals surface area contributed by atoms with Crippen molar-refractivity contribution in [2.45, 2.75) is 72.4 Å². The summed E-state index contributed by atoms with van der Waals surface area (Å²) in [5.74, 6) is -0.929. The van der Waals surface area contributed by atoms with Gasteiger partial charge in [-0.15, -0.1) is 11.3 Å². The van der Waals surface area contributed by atoms with Crippen LogP contribution < -0.4 is 10.6 Å². The smallest absolute Gasteiger partial charge is 0.349 e. The Hall–Kier alpha value is -1.89. The fraction of sp³-hybridized carbons (Fsp3) is 0.632. The van der Waals surface area contributed by atoms with Crippen LogP contribution in [0.4, 0.5) is 5.00 Å². The van der Waals surface area contributed by atoms with Gasteiger partial charge in [0.25, 0.3) is 5.91 Å². The first kappa shape index (κ1) is 20.4. The van der Waals surface area contributed by atoms with Crippen molar-refractivity contribution in [1.82, 2.24) is 5.32 Å². The first-order valence-electron chi connectivity index (χ1n) is 9.01. The Morgan fingerprint density at radius 1 is 1.23 bits per heavy atom. The van der Waals surface area contributed by atoms with Crippen molar-refractivity contribution in [2.75, 3.05) is 5.32 Å². The molecule has 1 unspecified atom stereocenters. The predicted octanol–water partition coefficient (Wildman–Crippen LogP) is 3.65. The molecule has 1 aliphatic rings. The third kappa shape index (κ3) is 5.30. The zero-order valence-electron chi connectivity index (χ0n) is 16.1. The molecular formula is C19H28N2O4S. The van der Waals surface area contributed by atoms with Gasteiger partial charge in [-0.05, 0) is 38.3 Å². The normalized spacial score (nSPS) is 16.2. The highest BCUT2D eigenvalue weighted by atomic mass is 32.1. The molecule has 0 saturated heterocycles. The SMILES string of the molecule is Cc1cc(NC(=O)C(C)(C)C)sc1C(=O)OC(C)C(=O)NC1CCCC1. The van der Waals surface area contributed by atoms with E-state index in [9.17, 15) is 14.4 Å². The van der Waals surface area contributed by atoms with Gasteiger partial charge in [-0.25, -0.2) is 4.79 Å². The topological polar surface area (TPSA) is 84.5 Å². The summed E-state index contributed by atoms with van der Waals surface area (Å²) < 4.78 is 5.32. The second-order valence-corrected chi connectivity index (χ2v) is 8.92. The zero-order chi connectivity index (χ0) is 19.5. The van der Waals surface area contributed by atoms with Crippen LogP contribution in [0.1, 0.15) is 68.6 Å². The molecule has 7 heteroatoms. The van der Waals surface area contributed by atoms with Crippen molar-refractivity contribution in [3.8, 4) is 0 Å². The predicted molar refractivity (Wildman–Crippen MR) is 102 cm³/mol. The number of carbonyl (C=O) groups is 3. The minimum atomic E-state index is -0.850. The number of carbonyl (C=O) groups excluding carboxylic acids is 3. The molecule has 0 radical (unpaired) electrons. The van der Waals surface area contributed by atoms with E-state index < -0.39 is 17.5 Å². The highest BCUT2D eigenvalue weighted by Gasteiger charge is 2.26. The van der Waals surface area contributed by atoms with Crippen LogP contribution in [0.15, 0.2) is 6.07 Å². The van der Waals surface area contributed by atoms with Crippen LogP contribution in [0.25, 0.3) is 0 Å². The molecule has 1 aromatic heterocycles. The van der Waals surface area contributed by atoms with Gasteiger partial charge in [-0.1, -0.05) is 33.6 Å². The molecule has 1 saturated carbocycles. The molecule has 1 heterocycles. The van der Waals surface area contributed by atoms with E-state index in [4.69, 9.17) is 4.74 Å². The lowest BCUT2D eigenvalue weighted by Gasteiger charge is -2.17. The number of amides is 2. The Balaban J connectivity index is 1.96. The fourth-order valence-electron chi connectivity index (χ4n) is 2.70. The summed E-state index contributed by atoms with van der Waals surface area (Å²) in [4.78, 5) is 37.1. The highest BCUT2D eigenvalue weighted by Crippen LogP contribution is 2.29. The standard InChI is InChI=1S/C19H28N2O4S/c1-11-10-14(21-18(24)19(3,4)5)26-15(11)17(23)25-12(2)16(22)20-13-8-6-7-9-13/h10,12-13H,6-9H2,1-5H3,(H,20,22)(H,21,24). The summed E-state index contributed by atoms with van der Waals surface area (Å²) in [6.45, 7) is 8.82. The van der Waals surface area contributed by atoms with Crippen molar-refractivity contribution in [3.63, 3.8) is 0 Å². The Morgan fingerprint density at radius 2 is 1.85 bits per heavy atom. The summed E-state index contributed by atoms with van der Waals surface area (Å²) in [6, 6.07) is 1.93. The van der Waals surface area contributed by atoms with E-state index in [1.807, 2.05) is 20.8 Å². The number of ether oxygens (including phenoxy) is 1. The molecule has 0 aromatic carbocycles. The molecule has 2 rings (SSSR count).